The predicted octanol–water partition coefficient (Wildman–Crippen LogP) is 5.35. The first-order valence-electron chi connectivity index (χ1n) is 15.4. The van der Waals surface area contributed by atoms with E-state index >= 15 is 0 Å². The maximum absolute atomic E-state index is 14.1. The molecule has 1 saturated carbocycles. The molecule has 0 aromatic heterocycles. The molecule has 16 heteroatoms. The zero-order chi connectivity index (χ0) is 34.7. The lowest BCUT2D eigenvalue weighted by Crippen LogP contribution is -2.51. The molecule has 0 spiro atoms. The van der Waals surface area contributed by atoms with Crippen molar-refractivity contribution in [3.8, 4) is 11.1 Å². The van der Waals surface area contributed by atoms with Crippen LogP contribution in [-0.4, -0.2) is 87.4 Å². The number of alkyl halides is 3. The molecule has 10 nitrogen and oxygen atoms in total. The first kappa shape index (κ1) is 36.1. The minimum absolute atomic E-state index is 0.173. The van der Waals surface area contributed by atoms with Gasteiger partial charge in [-0.1, -0.05) is 54.4 Å². The number of piperidine rings is 1. The third-order valence-electron chi connectivity index (χ3n) is 8.77. The van der Waals surface area contributed by atoms with E-state index in [2.05, 4.69) is 10.2 Å². The lowest BCUT2D eigenvalue weighted by atomic mass is 10.0. The number of halogens is 4. The van der Waals surface area contributed by atoms with Crippen LogP contribution in [0.5, 0.6) is 0 Å². The van der Waals surface area contributed by atoms with E-state index in [9.17, 15) is 39.9 Å². The molecule has 3 aromatic rings. The summed E-state index contributed by atoms with van der Waals surface area (Å²) in [6, 6.07) is 19.3. The van der Waals surface area contributed by atoms with Crippen LogP contribution in [0.1, 0.15) is 37.2 Å². The molecule has 2 atom stereocenters. The lowest BCUT2D eigenvalue weighted by Gasteiger charge is -2.30. The summed E-state index contributed by atoms with van der Waals surface area (Å²) < 4.78 is 92.8. The molecule has 48 heavy (non-hydrogen) atoms. The van der Waals surface area contributed by atoms with Crippen molar-refractivity contribution in [2.24, 2.45) is 0 Å². The standard InChI is InChI=1S/C32H36ClF3N4O6S2/c33-26-11-7-23(8-12-26)24-9-13-28(14-10-24)47(43,44)40(20-16-38-48(45,46)32(34,35)36)31(30(41)42)22-29(31)25-5-4-6-27(21-25)37-15-19-39-17-2-1-3-18-39/h4-14,21,29,37-38H,1-3,15-20,22H2,(H,41,42). The predicted molar refractivity (Wildman–Crippen MR) is 177 cm³/mol. The normalized spacial score (nSPS) is 20.5. The van der Waals surface area contributed by atoms with Crippen LogP contribution in [0.4, 0.5) is 18.9 Å². The van der Waals surface area contributed by atoms with Gasteiger partial charge in [0.1, 0.15) is 5.54 Å². The second kappa shape index (κ2) is 14.3. The average molecular weight is 729 g/mol. The van der Waals surface area contributed by atoms with Crippen molar-refractivity contribution in [1.82, 2.24) is 13.9 Å². The van der Waals surface area contributed by atoms with E-state index in [1.807, 2.05) is 6.07 Å². The summed E-state index contributed by atoms with van der Waals surface area (Å²) in [6.45, 7) is 1.64. The quantitative estimate of drug-likeness (QED) is 0.202. The Morgan fingerprint density at radius 3 is 2.17 bits per heavy atom. The molecule has 3 N–H and O–H groups in total. The van der Waals surface area contributed by atoms with Gasteiger partial charge in [-0.3, -0.25) is 4.79 Å². The number of nitrogens with one attached hydrogen (secondary N) is 2. The Balaban J connectivity index is 1.42. The van der Waals surface area contributed by atoms with Crippen LogP contribution in [0.2, 0.25) is 5.02 Å². The SMILES string of the molecule is O=C(O)C1(N(CCNS(=O)(=O)C(F)(F)F)S(=O)(=O)c2ccc(-c3ccc(Cl)cc3)cc2)CC1c1cccc(NCCN2CCCCC2)c1. The van der Waals surface area contributed by atoms with Crippen LogP contribution in [0.3, 0.4) is 0 Å². The molecule has 0 amide bonds. The summed E-state index contributed by atoms with van der Waals surface area (Å²) in [5.74, 6) is -2.36. The maximum atomic E-state index is 14.1. The fourth-order valence-electron chi connectivity index (χ4n) is 6.16. The van der Waals surface area contributed by atoms with Crippen molar-refractivity contribution in [2.45, 2.75) is 47.5 Å². The second-order valence-electron chi connectivity index (χ2n) is 11.9. The number of likely N-dealkylation sites (tertiary alicyclic amines) is 1. The number of carbonyl (C=O) groups is 1. The fraction of sp³-hybridized carbons (Fsp3) is 0.406. The lowest BCUT2D eigenvalue weighted by molar-refractivity contribution is -0.143. The van der Waals surface area contributed by atoms with Gasteiger partial charge in [-0.15, -0.1) is 0 Å². The van der Waals surface area contributed by atoms with E-state index in [0.29, 0.717) is 32.7 Å². The Bertz CT molecular complexity index is 1820. The van der Waals surface area contributed by atoms with Crippen LogP contribution >= 0.6 is 11.6 Å². The van der Waals surface area contributed by atoms with E-state index in [0.717, 1.165) is 38.0 Å². The van der Waals surface area contributed by atoms with Gasteiger partial charge in [0.2, 0.25) is 10.0 Å². The second-order valence-corrected chi connectivity index (χ2v) is 15.9. The van der Waals surface area contributed by atoms with Gasteiger partial charge >= 0.3 is 21.5 Å². The number of hydrogen-bond donors (Lipinski definition) is 3. The number of nitrogens with zero attached hydrogens (tertiary/aromatic N) is 2. The van der Waals surface area contributed by atoms with Gasteiger partial charge in [0, 0.05) is 42.8 Å². The summed E-state index contributed by atoms with van der Waals surface area (Å²) in [6.07, 6.45) is 3.35. The number of carboxylic acid groups (broad SMARTS) is 1. The number of anilines is 1. The van der Waals surface area contributed by atoms with Crippen LogP contribution in [0.15, 0.2) is 77.7 Å². The third-order valence-corrected chi connectivity index (χ3v) is 12.2. The molecule has 2 fully saturated rings. The molecule has 2 unspecified atom stereocenters. The van der Waals surface area contributed by atoms with Crippen LogP contribution in [-0.2, 0) is 24.8 Å². The largest absolute Gasteiger partial charge is 0.511 e. The molecular formula is C32H36ClF3N4O6S2. The minimum Gasteiger partial charge on any atom is -0.480 e. The molecule has 1 aliphatic carbocycles. The number of carboxylic acids is 1. The molecule has 0 bridgehead atoms. The summed E-state index contributed by atoms with van der Waals surface area (Å²) in [7, 11) is -10.5. The number of sulfonamides is 2. The maximum Gasteiger partial charge on any atom is 0.511 e. The zero-order valence-electron chi connectivity index (χ0n) is 25.8. The smallest absolute Gasteiger partial charge is 0.480 e. The summed E-state index contributed by atoms with van der Waals surface area (Å²) in [4.78, 5) is 15.0. The van der Waals surface area contributed by atoms with Gasteiger partial charge in [0.05, 0.1) is 4.90 Å². The molecule has 1 aliphatic heterocycles. The van der Waals surface area contributed by atoms with Gasteiger partial charge in [0.25, 0.3) is 0 Å². The Labute approximate surface area is 283 Å². The Kier molecular flexibility index (Phi) is 10.8. The molecule has 0 radical (unpaired) electrons. The molecule has 5 rings (SSSR count). The molecule has 2 aliphatic rings. The highest BCUT2D eigenvalue weighted by molar-refractivity contribution is 7.90. The number of aliphatic carboxylic acids is 1. The third kappa shape index (κ3) is 7.81. The van der Waals surface area contributed by atoms with E-state index in [4.69, 9.17) is 11.6 Å². The summed E-state index contributed by atoms with van der Waals surface area (Å²) in [5, 5.41) is 14.4. The highest BCUT2D eigenvalue weighted by atomic mass is 35.5. The van der Waals surface area contributed by atoms with Gasteiger partial charge in [-0.05, 0) is 85.4 Å². The fourth-order valence-corrected chi connectivity index (χ4v) is 8.58. The van der Waals surface area contributed by atoms with Gasteiger partial charge in [-0.2, -0.15) is 17.5 Å². The van der Waals surface area contributed by atoms with Crippen molar-refractivity contribution in [1.29, 1.82) is 0 Å². The zero-order valence-corrected chi connectivity index (χ0v) is 28.2. The van der Waals surface area contributed by atoms with Crippen molar-refractivity contribution < 1.29 is 39.9 Å². The van der Waals surface area contributed by atoms with E-state index in [-0.39, 0.29) is 11.3 Å². The van der Waals surface area contributed by atoms with E-state index in [1.54, 1.807) is 42.5 Å². The topological polar surface area (TPSA) is 136 Å². The average Bonchev–Trinajstić information content (AvgIpc) is 3.80. The van der Waals surface area contributed by atoms with E-state index in [1.165, 1.54) is 35.4 Å². The summed E-state index contributed by atoms with van der Waals surface area (Å²) >= 11 is 5.96. The van der Waals surface area contributed by atoms with E-state index < -0.39 is 56.1 Å². The van der Waals surface area contributed by atoms with Gasteiger partial charge in [0.15, 0.2) is 0 Å². The highest BCUT2D eigenvalue weighted by Crippen LogP contribution is 2.57. The Morgan fingerprint density at radius 1 is 0.938 bits per heavy atom. The van der Waals surface area contributed by atoms with Crippen molar-refractivity contribution in [2.75, 3.05) is 44.6 Å². The molecule has 260 valence electrons. The number of benzene rings is 3. The molecular weight excluding hydrogens is 693 g/mol. The van der Waals surface area contributed by atoms with Gasteiger partial charge in [-0.25, -0.2) is 21.6 Å². The number of rotatable bonds is 14. The molecule has 1 heterocycles. The summed E-state index contributed by atoms with van der Waals surface area (Å²) in [5.41, 5.74) is -5.12. The number of hydrogen-bond acceptors (Lipinski definition) is 7. The van der Waals surface area contributed by atoms with Gasteiger partial charge < -0.3 is 15.3 Å². The Hall–Kier alpha value is -3.21. The van der Waals surface area contributed by atoms with Crippen LogP contribution in [0, 0.1) is 0 Å². The van der Waals surface area contributed by atoms with Crippen LogP contribution in [0.25, 0.3) is 11.1 Å². The Morgan fingerprint density at radius 2 is 1.56 bits per heavy atom. The highest BCUT2D eigenvalue weighted by Gasteiger charge is 2.68. The van der Waals surface area contributed by atoms with Crippen molar-refractivity contribution >= 4 is 43.3 Å². The first-order valence-corrected chi connectivity index (χ1v) is 18.7. The van der Waals surface area contributed by atoms with Crippen molar-refractivity contribution in [3.05, 3.63) is 83.4 Å². The molecule has 1 saturated heterocycles. The monoisotopic (exact) mass is 728 g/mol. The molecule has 3 aromatic carbocycles. The van der Waals surface area contributed by atoms with Crippen LogP contribution < -0.4 is 10.0 Å². The first-order chi connectivity index (χ1) is 22.6. The minimum atomic E-state index is -5.82. The van der Waals surface area contributed by atoms with Crippen molar-refractivity contribution in [3.63, 3.8) is 0 Å².